The number of rotatable bonds is 4. The van der Waals surface area contributed by atoms with Crippen LogP contribution in [0, 0.1) is 17.6 Å². The van der Waals surface area contributed by atoms with Crippen LogP contribution in [0.15, 0.2) is 16.6 Å². The van der Waals surface area contributed by atoms with Crippen molar-refractivity contribution in [3.63, 3.8) is 0 Å². The SMILES string of the molecule is Fc1ccc(Br)c(F)c1CCC(Cl)C1CC1. The van der Waals surface area contributed by atoms with Crippen LogP contribution >= 0.6 is 27.5 Å². The third-order valence-electron chi connectivity index (χ3n) is 2.94. The maximum absolute atomic E-state index is 13.6. The van der Waals surface area contributed by atoms with E-state index in [1.807, 2.05) is 0 Å². The van der Waals surface area contributed by atoms with Crippen molar-refractivity contribution in [2.45, 2.75) is 31.1 Å². The van der Waals surface area contributed by atoms with Crippen LogP contribution < -0.4 is 0 Å². The van der Waals surface area contributed by atoms with Gasteiger partial charge in [0, 0.05) is 10.9 Å². The van der Waals surface area contributed by atoms with E-state index in [1.165, 1.54) is 12.1 Å². The summed E-state index contributed by atoms with van der Waals surface area (Å²) in [7, 11) is 0. The summed E-state index contributed by atoms with van der Waals surface area (Å²) < 4.78 is 27.3. The molecule has 88 valence electrons. The standard InChI is InChI=1S/C12H12BrClF2/c13-9-4-6-11(15)8(12(9)16)3-5-10(14)7-1-2-7/h4,6-7,10H,1-3,5H2. The fourth-order valence-electron chi connectivity index (χ4n) is 1.77. The lowest BCUT2D eigenvalue weighted by Crippen LogP contribution is -2.06. The first-order valence-corrected chi connectivity index (χ1v) is 6.59. The Labute approximate surface area is 107 Å². The number of alkyl halides is 1. The van der Waals surface area contributed by atoms with Gasteiger partial charge in [-0.25, -0.2) is 8.78 Å². The average Bonchev–Trinajstić information content (AvgIpc) is 3.07. The van der Waals surface area contributed by atoms with Gasteiger partial charge in [0.05, 0.1) is 4.47 Å². The predicted molar refractivity (Wildman–Crippen MR) is 64.7 cm³/mol. The topological polar surface area (TPSA) is 0 Å². The minimum Gasteiger partial charge on any atom is -0.207 e. The van der Waals surface area contributed by atoms with Crippen molar-refractivity contribution in [1.29, 1.82) is 0 Å². The zero-order chi connectivity index (χ0) is 11.7. The van der Waals surface area contributed by atoms with Gasteiger partial charge in [0.15, 0.2) is 0 Å². The summed E-state index contributed by atoms with van der Waals surface area (Å²) in [4.78, 5) is 0. The molecular formula is C12H12BrClF2. The Morgan fingerprint density at radius 3 is 2.69 bits per heavy atom. The largest absolute Gasteiger partial charge is 0.207 e. The third kappa shape index (κ3) is 2.75. The highest BCUT2D eigenvalue weighted by atomic mass is 79.9. The Balaban J connectivity index is 2.05. The van der Waals surface area contributed by atoms with E-state index in [4.69, 9.17) is 11.6 Å². The maximum Gasteiger partial charge on any atom is 0.143 e. The van der Waals surface area contributed by atoms with Crippen molar-refractivity contribution in [1.82, 2.24) is 0 Å². The summed E-state index contributed by atoms with van der Waals surface area (Å²) >= 11 is 9.17. The summed E-state index contributed by atoms with van der Waals surface area (Å²) in [5.41, 5.74) is 0.140. The van der Waals surface area contributed by atoms with E-state index in [-0.39, 0.29) is 10.9 Å². The van der Waals surface area contributed by atoms with Crippen LogP contribution in [0.2, 0.25) is 0 Å². The molecule has 0 bridgehead atoms. The Morgan fingerprint density at radius 1 is 1.38 bits per heavy atom. The molecule has 4 heteroatoms. The van der Waals surface area contributed by atoms with Gasteiger partial charge < -0.3 is 0 Å². The maximum atomic E-state index is 13.6. The molecule has 1 saturated carbocycles. The molecule has 0 aromatic heterocycles. The highest BCUT2D eigenvalue weighted by Crippen LogP contribution is 2.38. The fraction of sp³-hybridized carbons (Fsp3) is 0.500. The Hall–Kier alpha value is -0.150. The minimum absolute atomic E-state index is 0.0535. The fourth-order valence-corrected chi connectivity index (χ4v) is 2.51. The normalized spacial score (nSPS) is 17.5. The third-order valence-corrected chi connectivity index (χ3v) is 4.13. The minimum atomic E-state index is -0.500. The Bertz CT molecular complexity index is 391. The molecule has 0 saturated heterocycles. The number of hydrogen-bond acceptors (Lipinski definition) is 0. The molecule has 1 aliphatic rings. The van der Waals surface area contributed by atoms with Gasteiger partial charge in [-0.15, -0.1) is 11.6 Å². The monoisotopic (exact) mass is 308 g/mol. The second-order valence-electron chi connectivity index (χ2n) is 4.21. The second kappa shape index (κ2) is 5.01. The van der Waals surface area contributed by atoms with Gasteiger partial charge >= 0.3 is 0 Å². The molecule has 16 heavy (non-hydrogen) atoms. The van der Waals surface area contributed by atoms with E-state index in [9.17, 15) is 8.78 Å². The number of halogens is 4. The summed E-state index contributed by atoms with van der Waals surface area (Å²) in [5.74, 6) is -0.431. The van der Waals surface area contributed by atoms with Crippen molar-refractivity contribution in [3.8, 4) is 0 Å². The first kappa shape index (κ1) is 12.3. The van der Waals surface area contributed by atoms with Gasteiger partial charge in [-0.3, -0.25) is 0 Å². The molecule has 1 aromatic rings. The lowest BCUT2D eigenvalue weighted by molar-refractivity contribution is 0.539. The lowest BCUT2D eigenvalue weighted by atomic mass is 10.1. The van der Waals surface area contributed by atoms with E-state index in [0.717, 1.165) is 12.8 Å². The highest BCUT2D eigenvalue weighted by Gasteiger charge is 2.29. The van der Waals surface area contributed by atoms with Crippen LogP contribution in [0.4, 0.5) is 8.78 Å². The van der Waals surface area contributed by atoms with Gasteiger partial charge in [-0.1, -0.05) is 0 Å². The zero-order valence-corrected chi connectivity index (χ0v) is 11.0. The van der Waals surface area contributed by atoms with Crippen molar-refractivity contribution in [2.75, 3.05) is 0 Å². The van der Waals surface area contributed by atoms with Gasteiger partial charge in [0.2, 0.25) is 0 Å². The van der Waals surface area contributed by atoms with E-state index in [2.05, 4.69) is 15.9 Å². The van der Waals surface area contributed by atoms with E-state index in [1.54, 1.807) is 0 Å². The summed E-state index contributed by atoms with van der Waals surface area (Å²) in [6.45, 7) is 0. The Morgan fingerprint density at radius 2 is 2.06 bits per heavy atom. The number of benzene rings is 1. The molecular weight excluding hydrogens is 297 g/mol. The summed E-state index contributed by atoms with van der Waals surface area (Å²) in [6, 6.07) is 2.66. The van der Waals surface area contributed by atoms with Crippen molar-refractivity contribution < 1.29 is 8.78 Å². The van der Waals surface area contributed by atoms with Crippen LogP contribution in [0.5, 0.6) is 0 Å². The molecule has 0 aliphatic heterocycles. The molecule has 0 N–H and O–H groups in total. The van der Waals surface area contributed by atoms with Crippen molar-refractivity contribution in [2.24, 2.45) is 5.92 Å². The highest BCUT2D eigenvalue weighted by molar-refractivity contribution is 9.10. The molecule has 0 nitrogen and oxygen atoms in total. The van der Waals surface area contributed by atoms with Crippen LogP contribution in [-0.4, -0.2) is 5.38 Å². The van der Waals surface area contributed by atoms with Crippen molar-refractivity contribution >= 4 is 27.5 Å². The quantitative estimate of drug-likeness (QED) is 0.560. The summed E-state index contributed by atoms with van der Waals surface area (Å²) in [6.07, 6.45) is 3.30. The van der Waals surface area contributed by atoms with Gasteiger partial charge in [0.25, 0.3) is 0 Å². The average molecular weight is 310 g/mol. The first-order valence-electron chi connectivity index (χ1n) is 5.36. The molecule has 1 atom stereocenters. The van der Waals surface area contributed by atoms with Crippen LogP contribution in [-0.2, 0) is 6.42 Å². The lowest BCUT2D eigenvalue weighted by Gasteiger charge is -2.09. The molecule has 1 unspecified atom stereocenters. The van der Waals surface area contributed by atoms with Gasteiger partial charge in [0.1, 0.15) is 11.6 Å². The summed E-state index contributed by atoms with van der Waals surface area (Å²) in [5, 5.41) is 0.0535. The molecule has 0 spiro atoms. The van der Waals surface area contributed by atoms with Gasteiger partial charge in [-0.2, -0.15) is 0 Å². The molecule has 0 heterocycles. The van der Waals surface area contributed by atoms with E-state index >= 15 is 0 Å². The Kier molecular flexibility index (Phi) is 3.85. The molecule has 1 aliphatic carbocycles. The molecule has 1 fully saturated rings. The van der Waals surface area contributed by atoms with Crippen molar-refractivity contribution in [3.05, 3.63) is 33.8 Å². The first-order chi connectivity index (χ1) is 7.59. The molecule has 0 radical (unpaired) electrons. The molecule has 2 rings (SSSR count). The zero-order valence-electron chi connectivity index (χ0n) is 8.65. The van der Waals surface area contributed by atoms with Crippen LogP contribution in [0.25, 0.3) is 0 Å². The van der Waals surface area contributed by atoms with Gasteiger partial charge in [-0.05, 0) is 59.7 Å². The number of hydrogen-bond donors (Lipinski definition) is 0. The van der Waals surface area contributed by atoms with E-state index < -0.39 is 11.6 Å². The predicted octanol–water partition coefficient (Wildman–Crippen LogP) is 4.68. The molecule has 0 amide bonds. The second-order valence-corrected chi connectivity index (χ2v) is 5.63. The van der Waals surface area contributed by atoms with E-state index in [0.29, 0.717) is 23.2 Å². The molecule has 1 aromatic carbocycles. The smallest absolute Gasteiger partial charge is 0.143 e. The van der Waals surface area contributed by atoms with Crippen LogP contribution in [0.3, 0.4) is 0 Å². The van der Waals surface area contributed by atoms with Crippen LogP contribution in [0.1, 0.15) is 24.8 Å².